The maximum absolute atomic E-state index is 12.7. The van der Waals surface area contributed by atoms with Gasteiger partial charge < -0.3 is 9.88 Å². The van der Waals surface area contributed by atoms with Crippen molar-refractivity contribution in [2.24, 2.45) is 0 Å². The van der Waals surface area contributed by atoms with Gasteiger partial charge >= 0.3 is 0 Å². The molecule has 0 spiro atoms. The van der Waals surface area contributed by atoms with Crippen LogP contribution in [-0.4, -0.2) is 33.6 Å². The summed E-state index contributed by atoms with van der Waals surface area (Å²) in [4.78, 5) is 34.9. The lowest BCUT2D eigenvalue weighted by atomic mass is 10.2. The molecule has 5 nitrogen and oxygen atoms in total. The van der Waals surface area contributed by atoms with Gasteiger partial charge in [0.1, 0.15) is 5.82 Å². The number of hydrogen-bond donors (Lipinski definition) is 1. The molecule has 1 aromatic heterocycles. The first-order valence-corrected chi connectivity index (χ1v) is 9.26. The molecule has 0 radical (unpaired) electrons. The number of benzene rings is 2. The first-order chi connectivity index (χ1) is 12.1. The molecule has 25 heavy (non-hydrogen) atoms. The minimum atomic E-state index is -0.187. The summed E-state index contributed by atoms with van der Waals surface area (Å²) in [5, 5.41) is 0.549. The third kappa shape index (κ3) is 3.74. The van der Waals surface area contributed by atoms with Gasteiger partial charge in [-0.2, -0.15) is 0 Å². The van der Waals surface area contributed by atoms with Gasteiger partial charge in [0, 0.05) is 17.0 Å². The van der Waals surface area contributed by atoms with E-state index in [0.717, 1.165) is 4.90 Å². The number of amides is 1. The van der Waals surface area contributed by atoms with E-state index in [2.05, 4.69) is 9.97 Å². The van der Waals surface area contributed by atoms with Crippen molar-refractivity contribution in [3.63, 3.8) is 0 Å². The Labute approximate surface area is 150 Å². The van der Waals surface area contributed by atoms with Gasteiger partial charge in [-0.25, -0.2) is 4.98 Å². The van der Waals surface area contributed by atoms with E-state index >= 15 is 0 Å². The summed E-state index contributed by atoms with van der Waals surface area (Å²) in [7, 11) is 0. The van der Waals surface area contributed by atoms with E-state index in [1.807, 2.05) is 43.5 Å². The van der Waals surface area contributed by atoms with Gasteiger partial charge in [0.25, 0.3) is 11.5 Å². The van der Waals surface area contributed by atoms with Gasteiger partial charge in [-0.05, 0) is 49.6 Å². The normalized spacial score (nSPS) is 10.8. The molecule has 0 atom stereocenters. The highest BCUT2D eigenvalue weighted by Crippen LogP contribution is 2.16. The molecule has 3 rings (SSSR count). The molecule has 1 N–H and O–H groups in total. The number of carbonyl (C=O) groups excluding carboxylic acids is 1. The zero-order valence-electron chi connectivity index (χ0n) is 14.2. The Morgan fingerprint density at radius 1 is 1.16 bits per heavy atom. The van der Waals surface area contributed by atoms with Crippen LogP contribution in [-0.2, 0) is 6.54 Å². The van der Waals surface area contributed by atoms with Crippen molar-refractivity contribution in [1.82, 2.24) is 14.9 Å². The minimum Gasteiger partial charge on any atom is -0.331 e. The second kappa shape index (κ2) is 7.53. The molecule has 128 valence electrons. The van der Waals surface area contributed by atoms with Crippen LogP contribution in [0.15, 0.2) is 58.2 Å². The second-order valence-corrected chi connectivity index (χ2v) is 6.46. The van der Waals surface area contributed by atoms with Crippen molar-refractivity contribution >= 4 is 28.6 Å². The van der Waals surface area contributed by atoms with Gasteiger partial charge in [0.15, 0.2) is 0 Å². The van der Waals surface area contributed by atoms with Crippen LogP contribution in [0, 0.1) is 0 Å². The Morgan fingerprint density at radius 3 is 2.56 bits per heavy atom. The maximum atomic E-state index is 12.7. The smallest absolute Gasteiger partial charge is 0.258 e. The lowest BCUT2D eigenvalue weighted by Gasteiger charge is -2.20. The Balaban J connectivity index is 1.86. The molecule has 0 fully saturated rings. The summed E-state index contributed by atoms with van der Waals surface area (Å²) in [6.45, 7) is 2.70. The largest absolute Gasteiger partial charge is 0.331 e. The van der Waals surface area contributed by atoms with Crippen molar-refractivity contribution in [2.45, 2.75) is 18.4 Å². The minimum absolute atomic E-state index is 0.0778. The van der Waals surface area contributed by atoms with E-state index in [4.69, 9.17) is 0 Å². The van der Waals surface area contributed by atoms with Crippen LogP contribution >= 0.6 is 11.8 Å². The lowest BCUT2D eigenvalue weighted by molar-refractivity contribution is 0.0748. The van der Waals surface area contributed by atoms with Crippen LogP contribution in [0.5, 0.6) is 0 Å². The van der Waals surface area contributed by atoms with Gasteiger partial charge in [-0.15, -0.1) is 11.8 Å². The fraction of sp³-hybridized carbons (Fsp3) is 0.211. The Bertz CT molecular complexity index is 951. The topological polar surface area (TPSA) is 66.1 Å². The molecule has 2 aromatic carbocycles. The number of aromatic amines is 1. The summed E-state index contributed by atoms with van der Waals surface area (Å²) < 4.78 is 0. The monoisotopic (exact) mass is 353 g/mol. The van der Waals surface area contributed by atoms with Crippen molar-refractivity contribution < 1.29 is 4.79 Å². The van der Waals surface area contributed by atoms with E-state index < -0.39 is 0 Å². The number of nitrogens with zero attached hydrogens (tertiary/aromatic N) is 2. The highest BCUT2D eigenvalue weighted by molar-refractivity contribution is 7.98. The Kier molecular flexibility index (Phi) is 5.19. The summed E-state index contributed by atoms with van der Waals surface area (Å²) >= 11 is 1.63. The van der Waals surface area contributed by atoms with Crippen LogP contribution in [0.4, 0.5) is 0 Å². The molecule has 0 saturated carbocycles. The van der Waals surface area contributed by atoms with Crippen LogP contribution < -0.4 is 5.56 Å². The van der Waals surface area contributed by atoms with E-state index in [9.17, 15) is 9.59 Å². The third-order valence-corrected chi connectivity index (χ3v) is 4.75. The number of thioether (sulfide) groups is 1. The average Bonchev–Trinajstić information content (AvgIpc) is 2.65. The SMILES string of the molecule is CCN(Cc1nc2ccccc2c(=O)[nH]1)C(=O)c1ccc(SC)cc1. The van der Waals surface area contributed by atoms with Crippen molar-refractivity contribution in [2.75, 3.05) is 12.8 Å². The molecule has 0 aliphatic carbocycles. The molecule has 0 aliphatic heterocycles. The third-order valence-electron chi connectivity index (χ3n) is 4.01. The van der Waals surface area contributed by atoms with Gasteiger partial charge in [0.05, 0.1) is 17.4 Å². The number of para-hydroxylation sites is 1. The van der Waals surface area contributed by atoms with E-state index in [-0.39, 0.29) is 18.0 Å². The first-order valence-electron chi connectivity index (χ1n) is 8.03. The second-order valence-electron chi connectivity index (χ2n) is 5.58. The van der Waals surface area contributed by atoms with Gasteiger partial charge in [-0.1, -0.05) is 12.1 Å². The van der Waals surface area contributed by atoms with Crippen LogP contribution in [0.25, 0.3) is 10.9 Å². The number of H-pyrrole nitrogens is 1. The quantitative estimate of drug-likeness (QED) is 0.715. The molecule has 0 saturated heterocycles. The lowest BCUT2D eigenvalue weighted by Crippen LogP contribution is -2.31. The molecule has 6 heteroatoms. The fourth-order valence-corrected chi connectivity index (χ4v) is 3.04. The number of hydrogen-bond acceptors (Lipinski definition) is 4. The zero-order chi connectivity index (χ0) is 17.8. The van der Waals surface area contributed by atoms with Gasteiger partial charge in [0.2, 0.25) is 0 Å². The number of aromatic nitrogens is 2. The number of rotatable bonds is 5. The van der Waals surface area contributed by atoms with E-state index in [0.29, 0.717) is 28.8 Å². The fourth-order valence-electron chi connectivity index (χ4n) is 2.63. The van der Waals surface area contributed by atoms with Crippen LogP contribution in [0.1, 0.15) is 23.1 Å². The summed E-state index contributed by atoms with van der Waals surface area (Å²) in [5.41, 5.74) is 1.07. The van der Waals surface area contributed by atoms with Crippen LogP contribution in [0.2, 0.25) is 0 Å². The number of carbonyl (C=O) groups is 1. The molecular weight excluding hydrogens is 334 g/mol. The summed E-state index contributed by atoms with van der Waals surface area (Å²) in [6.07, 6.45) is 2.00. The molecule has 1 heterocycles. The highest BCUT2D eigenvalue weighted by atomic mass is 32.2. The van der Waals surface area contributed by atoms with E-state index in [1.165, 1.54) is 0 Å². The molecular formula is C19H19N3O2S. The summed E-state index contributed by atoms with van der Waals surface area (Å²) in [6, 6.07) is 14.7. The predicted octanol–water partition coefficient (Wildman–Crippen LogP) is 3.31. The number of fused-ring (bicyclic) bond motifs is 1. The zero-order valence-corrected chi connectivity index (χ0v) is 15.0. The molecule has 0 unspecified atom stereocenters. The van der Waals surface area contributed by atoms with E-state index in [1.54, 1.807) is 34.9 Å². The summed E-state index contributed by atoms with van der Waals surface area (Å²) in [5.74, 6) is 0.408. The Hall–Kier alpha value is -2.60. The van der Waals surface area contributed by atoms with Gasteiger partial charge in [-0.3, -0.25) is 9.59 Å². The average molecular weight is 353 g/mol. The Morgan fingerprint density at radius 2 is 1.88 bits per heavy atom. The molecule has 0 aliphatic rings. The van der Waals surface area contributed by atoms with Crippen molar-refractivity contribution in [1.29, 1.82) is 0 Å². The predicted molar refractivity (Wildman–Crippen MR) is 101 cm³/mol. The highest BCUT2D eigenvalue weighted by Gasteiger charge is 2.16. The maximum Gasteiger partial charge on any atom is 0.258 e. The first kappa shape index (κ1) is 17.2. The standard InChI is InChI=1S/C19H19N3O2S/c1-3-22(19(24)13-8-10-14(25-2)11-9-13)12-17-20-16-7-5-4-6-15(16)18(23)21-17/h4-11H,3,12H2,1-2H3,(H,20,21,23). The van der Waals surface area contributed by atoms with Crippen LogP contribution in [0.3, 0.4) is 0 Å². The number of nitrogens with one attached hydrogen (secondary N) is 1. The van der Waals surface area contributed by atoms with Crippen molar-refractivity contribution in [3.8, 4) is 0 Å². The molecule has 3 aromatic rings. The molecule has 1 amide bonds. The molecule has 0 bridgehead atoms. The van der Waals surface area contributed by atoms with Crippen molar-refractivity contribution in [3.05, 3.63) is 70.3 Å².